The van der Waals surface area contributed by atoms with Gasteiger partial charge in [-0.15, -0.1) is 0 Å². The summed E-state index contributed by atoms with van der Waals surface area (Å²) in [5.41, 5.74) is 3.29. The van der Waals surface area contributed by atoms with E-state index in [2.05, 4.69) is 5.32 Å². The molecular weight excluding hydrogens is 391 g/mol. The molecule has 4 nitrogen and oxygen atoms in total. The Morgan fingerprint density at radius 1 is 0.903 bits per heavy atom. The number of benzene rings is 3. The smallest absolute Gasteiger partial charge is 0.242 e. The van der Waals surface area contributed by atoms with E-state index in [9.17, 15) is 14.0 Å². The molecule has 5 heteroatoms. The number of hydrogen-bond acceptors (Lipinski definition) is 2. The SMILES string of the molecule is CNC(=O)[C@@H](Cc1ccccc1)N(Cc1ccc(C)cc1)C(=O)Cc1ccccc1F. The highest BCUT2D eigenvalue weighted by molar-refractivity contribution is 5.88. The van der Waals surface area contributed by atoms with Crippen molar-refractivity contribution >= 4 is 11.8 Å². The Labute approximate surface area is 182 Å². The van der Waals surface area contributed by atoms with Gasteiger partial charge in [-0.25, -0.2) is 4.39 Å². The van der Waals surface area contributed by atoms with E-state index in [1.54, 1.807) is 30.1 Å². The van der Waals surface area contributed by atoms with Gasteiger partial charge in [-0.05, 0) is 29.7 Å². The molecule has 0 heterocycles. The van der Waals surface area contributed by atoms with Crippen molar-refractivity contribution in [1.29, 1.82) is 0 Å². The van der Waals surface area contributed by atoms with E-state index >= 15 is 0 Å². The zero-order valence-corrected chi connectivity index (χ0v) is 17.8. The van der Waals surface area contributed by atoms with E-state index in [1.807, 2.05) is 61.5 Å². The second-order valence-corrected chi connectivity index (χ2v) is 7.60. The first-order valence-corrected chi connectivity index (χ1v) is 10.3. The van der Waals surface area contributed by atoms with Gasteiger partial charge in [0.05, 0.1) is 6.42 Å². The van der Waals surface area contributed by atoms with Gasteiger partial charge in [-0.2, -0.15) is 0 Å². The van der Waals surface area contributed by atoms with E-state index in [0.717, 1.165) is 16.7 Å². The number of likely N-dealkylation sites (N-methyl/N-ethyl adjacent to an activating group) is 1. The maximum absolute atomic E-state index is 14.2. The summed E-state index contributed by atoms with van der Waals surface area (Å²) in [7, 11) is 1.56. The van der Waals surface area contributed by atoms with Crippen LogP contribution in [0.3, 0.4) is 0 Å². The summed E-state index contributed by atoms with van der Waals surface area (Å²) in [6.45, 7) is 2.26. The Kier molecular flexibility index (Phi) is 7.55. The van der Waals surface area contributed by atoms with Crippen molar-refractivity contribution in [2.24, 2.45) is 0 Å². The standard InChI is InChI=1S/C26H27FN2O2/c1-19-12-14-21(15-13-19)18-29(25(30)17-22-10-6-7-11-23(22)27)24(26(31)28-2)16-20-8-4-3-5-9-20/h3-15,24H,16-18H2,1-2H3,(H,28,31)/t24-/m1/s1. The molecule has 0 saturated heterocycles. The van der Waals surface area contributed by atoms with Gasteiger partial charge in [0.15, 0.2) is 0 Å². The Bertz CT molecular complexity index is 1020. The van der Waals surface area contributed by atoms with Crippen LogP contribution >= 0.6 is 0 Å². The number of hydrogen-bond donors (Lipinski definition) is 1. The van der Waals surface area contributed by atoms with Crippen molar-refractivity contribution in [3.8, 4) is 0 Å². The maximum Gasteiger partial charge on any atom is 0.242 e. The predicted molar refractivity (Wildman–Crippen MR) is 120 cm³/mol. The van der Waals surface area contributed by atoms with Crippen LogP contribution in [-0.2, 0) is 29.0 Å². The normalized spacial score (nSPS) is 11.6. The lowest BCUT2D eigenvalue weighted by Crippen LogP contribution is -2.50. The van der Waals surface area contributed by atoms with Crippen LogP contribution in [0.15, 0.2) is 78.9 Å². The molecule has 2 amide bonds. The molecule has 160 valence electrons. The van der Waals surface area contributed by atoms with E-state index in [0.29, 0.717) is 12.0 Å². The fourth-order valence-corrected chi connectivity index (χ4v) is 3.52. The summed E-state index contributed by atoms with van der Waals surface area (Å²) < 4.78 is 14.2. The lowest BCUT2D eigenvalue weighted by Gasteiger charge is -2.31. The van der Waals surface area contributed by atoms with Gasteiger partial charge in [0.2, 0.25) is 11.8 Å². The molecule has 0 fully saturated rings. The van der Waals surface area contributed by atoms with Crippen LogP contribution < -0.4 is 5.32 Å². The number of nitrogens with zero attached hydrogens (tertiary/aromatic N) is 1. The van der Waals surface area contributed by atoms with Crippen LogP contribution in [0.25, 0.3) is 0 Å². The number of halogens is 1. The molecule has 0 radical (unpaired) electrons. The fourth-order valence-electron chi connectivity index (χ4n) is 3.52. The topological polar surface area (TPSA) is 49.4 Å². The Balaban J connectivity index is 1.94. The number of nitrogens with one attached hydrogen (secondary N) is 1. The van der Waals surface area contributed by atoms with Crippen LogP contribution in [-0.4, -0.2) is 29.8 Å². The molecule has 0 unspecified atom stereocenters. The molecular formula is C26H27FN2O2. The average molecular weight is 419 g/mol. The highest BCUT2D eigenvalue weighted by Crippen LogP contribution is 2.18. The van der Waals surface area contributed by atoms with Gasteiger partial charge >= 0.3 is 0 Å². The number of rotatable bonds is 8. The molecule has 31 heavy (non-hydrogen) atoms. The van der Waals surface area contributed by atoms with Crippen molar-refractivity contribution in [1.82, 2.24) is 10.2 Å². The first kappa shape index (κ1) is 22.2. The van der Waals surface area contributed by atoms with Crippen LogP contribution in [0.4, 0.5) is 4.39 Å². The van der Waals surface area contributed by atoms with E-state index < -0.39 is 11.9 Å². The first-order valence-electron chi connectivity index (χ1n) is 10.3. The predicted octanol–water partition coefficient (Wildman–Crippen LogP) is 4.06. The molecule has 0 aromatic heterocycles. The molecule has 0 aliphatic heterocycles. The van der Waals surface area contributed by atoms with Crippen molar-refractivity contribution < 1.29 is 14.0 Å². The third kappa shape index (κ3) is 6.01. The summed E-state index contributed by atoms with van der Waals surface area (Å²) in [4.78, 5) is 27.8. The Morgan fingerprint density at radius 2 is 1.55 bits per heavy atom. The van der Waals surface area contributed by atoms with Crippen molar-refractivity contribution in [2.75, 3.05) is 7.05 Å². The molecule has 3 rings (SSSR count). The maximum atomic E-state index is 14.2. The zero-order valence-electron chi connectivity index (χ0n) is 17.8. The van der Waals surface area contributed by atoms with E-state index in [-0.39, 0.29) is 24.8 Å². The quantitative estimate of drug-likeness (QED) is 0.600. The second-order valence-electron chi connectivity index (χ2n) is 7.60. The Morgan fingerprint density at radius 3 is 2.19 bits per heavy atom. The number of carbonyl (C=O) groups is 2. The second kappa shape index (κ2) is 10.5. The summed E-state index contributed by atoms with van der Waals surface area (Å²) >= 11 is 0. The van der Waals surface area contributed by atoms with E-state index in [4.69, 9.17) is 0 Å². The van der Waals surface area contributed by atoms with Gasteiger partial charge in [0, 0.05) is 20.0 Å². The molecule has 0 aliphatic carbocycles. The van der Waals surface area contributed by atoms with Crippen LogP contribution in [0.2, 0.25) is 0 Å². The summed E-state index contributed by atoms with van der Waals surface area (Å²) in [6.07, 6.45) is 0.260. The summed E-state index contributed by atoms with van der Waals surface area (Å²) in [5.74, 6) is -0.973. The van der Waals surface area contributed by atoms with Gasteiger partial charge in [-0.3, -0.25) is 9.59 Å². The lowest BCUT2D eigenvalue weighted by atomic mass is 10.0. The Hall–Kier alpha value is -3.47. The first-order chi connectivity index (χ1) is 15.0. The molecule has 0 spiro atoms. The fraction of sp³-hybridized carbons (Fsp3) is 0.231. The van der Waals surface area contributed by atoms with Crippen LogP contribution in [0.5, 0.6) is 0 Å². The van der Waals surface area contributed by atoms with Crippen molar-refractivity contribution in [3.63, 3.8) is 0 Å². The molecule has 3 aromatic carbocycles. The summed E-state index contributed by atoms with van der Waals surface area (Å²) in [6, 6.07) is 22.9. The summed E-state index contributed by atoms with van der Waals surface area (Å²) in [5, 5.41) is 2.68. The number of carbonyl (C=O) groups excluding carboxylic acids is 2. The van der Waals surface area contributed by atoms with Crippen LogP contribution in [0.1, 0.15) is 22.3 Å². The molecule has 1 N–H and O–H groups in total. The largest absolute Gasteiger partial charge is 0.357 e. The van der Waals surface area contributed by atoms with Gasteiger partial charge in [0.25, 0.3) is 0 Å². The van der Waals surface area contributed by atoms with Gasteiger partial charge in [-0.1, -0.05) is 78.4 Å². The molecule has 0 bridgehead atoms. The highest BCUT2D eigenvalue weighted by atomic mass is 19.1. The minimum Gasteiger partial charge on any atom is -0.357 e. The molecule has 0 aliphatic rings. The van der Waals surface area contributed by atoms with E-state index in [1.165, 1.54) is 6.07 Å². The van der Waals surface area contributed by atoms with Gasteiger partial charge < -0.3 is 10.2 Å². The minimum atomic E-state index is -0.715. The minimum absolute atomic E-state index is 0.110. The zero-order chi connectivity index (χ0) is 22.2. The van der Waals surface area contributed by atoms with Crippen molar-refractivity contribution in [3.05, 3.63) is 107 Å². The third-order valence-electron chi connectivity index (χ3n) is 5.29. The number of amides is 2. The number of aryl methyl sites for hydroxylation is 1. The van der Waals surface area contributed by atoms with Gasteiger partial charge in [0.1, 0.15) is 11.9 Å². The monoisotopic (exact) mass is 418 g/mol. The molecule has 0 saturated carbocycles. The van der Waals surface area contributed by atoms with Crippen molar-refractivity contribution in [2.45, 2.75) is 32.4 Å². The lowest BCUT2D eigenvalue weighted by molar-refractivity contribution is -0.140. The molecule has 3 aromatic rings. The highest BCUT2D eigenvalue weighted by Gasteiger charge is 2.30. The van der Waals surface area contributed by atoms with Crippen LogP contribution in [0, 0.1) is 12.7 Å². The molecule has 1 atom stereocenters. The average Bonchev–Trinajstić information content (AvgIpc) is 2.79. The third-order valence-corrected chi connectivity index (χ3v) is 5.29.